The quantitative estimate of drug-likeness (QED) is 0.162. The number of hydrogen-bond donors (Lipinski definition) is 1. The minimum Gasteiger partial charge on any atom is -0.507 e. The van der Waals surface area contributed by atoms with Gasteiger partial charge in [0.1, 0.15) is 11.6 Å². The molecule has 2 heterocycles. The molecule has 448 valence electrons. The first-order valence-corrected chi connectivity index (χ1v) is 31.3. The maximum absolute atomic E-state index is 12.9. The van der Waals surface area contributed by atoms with Crippen molar-refractivity contribution in [3.63, 3.8) is 0 Å². The van der Waals surface area contributed by atoms with Crippen molar-refractivity contribution in [2.24, 2.45) is 0 Å². The van der Waals surface area contributed by atoms with E-state index in [0.717, 1.165) is 112 Å². The van der Waals surface area contributed by atoms with Crippen molar-refractivity contribution in [2.75, 3.05) is 0 Å². The van der Waals surface area contributed by atoms with E-state index >= 15 is 0 Å². The molecule has 0 amide bonds. The second kappa shape index (κ2) is 22.4. The standard InChI is InChI=1S/C84H75N4O.Pt/c1-81(2,3)56-42-43-74(67(47-56)53-30-17-14-18-31-53)87-75-41-27-39-60(77(75)86-80(87)70-48-58(83(7,8)9)49-71(78(70)89)84(10,11)12)54-44-55(46-57(45-54)82(4,5)6)79-85-72-50-68-65-37-23-21-35-63(65)61-33-19-20-34-62(61)64-36-22-24-38-66(64)69(68)51-76(72)88(79)73-40-26-25-32-59(73)52-28-15-13-16-29-52;/h13-43,45-51,89H,1-12H3;/q-1;. The van der Waals surface area contributed by atoms with Gasteiger partial charge in [-0.2, -0.15) is 0 Å². The van der Waals surface area contributed by atoms with Crippen molar-refractivity contribution < 1.29 is 26.2 Å². The molecule has 11 aromatic carbocycles. The first-order valence-electron chi connectivity index (χ1n) is 31.3. The van der Waals surface area contributed by atoms with Gasteiger partial charge in [0, 0.05) is 43.4 Å². The number of phenolic OH excluding ortho intramolecular Hbond substituents is 1. The van der Waals surface area contributed by atoms with Gasteiger partial charge in [0.25, 0.3) is 0 Å². The summed E-state index contributed by atoms with van der Waals surface area (Å²) in [5, 5.41) is 12.9. The number of phenols is 1. The molecule has 90 heavy (non-hydrogen) atoms. The predicted octanol–water partition coefficient (Wildman–Crippen LogP) is 22.4. The van der Waals surface area contributed by atoms with E-state index in [2.05, 4.69) is 329 Å². The molecular formula is C84H75N4OPt-. The second-order valence-electron chi connectivity index (χ2n) is 28.3. The van der Waals surface area contributed by atoms with Crippen molar-refractivity contribution >= 4 is 22.1 Å². The van der Waals surface area contributed by atoms with E-state index in [1.807, 2.05) is 0 Å². The molecule has 0 saturated heterocycles. The molecule has 0 saturated carbocycles. The van der Waals surface area contributed by atoms with Crippen LogP contribution < -0.4 is 0 Å². The molecule has 0 radical (unpaired) electrons. The average Bonchev–Trinajstić information content (AvgIpc) is 1.43. The zero-order valence-corrected chi connectivity index (χ0v) is 55.8. The third-order valence-corrected chi connectivity index (χ3v) is 18.1. The summed E-state index contributed by atoms with van der Waals surface area (Å²) in [6.07, 6.45) is 0. The molecule has 14 rings (SSSR count). The zero-order valence-electron chi connectivity index (χ0n) is 53.5. The molecule has 1 aliphatic carbocycles. The Hall–Kier alpha value is -9.15. The van der Waals surface area contributed by atoms with Crippen molar-refractivity contribution in [2.45, 2.75) is 105 Å². The van der Waals surface area contributed by atoms with E-state index in [1.54, 1.807) is 0 Å². The third-order valence-electron chi connectivity index (χ3n) is 18.1. The van der Waals surface area contributed by atoms with Crippen LogP contribution in [0.25, 0.3) is 134 Å². The summed E-state index contributed by atoms with van der Waals surface area (Å²) in [5.41, 5.74) is 26.0. The van der Waals surface area contributed by atoms with E-state index in [0.29, 0.717) is 11.4 Å². The Labute approximate surface area is 545 Å². The van der Waals surface area contributed by atoms with Crippen LogP contribution in [0.2, 0.25) is 0 Å². The Balaban J connectivity index is 0.00000743. The van der Waals surface area contributed by atoms with Crippen molar-refractivity contribution in [1.29, 1.82) is 0 Å². The first-order chi connectivity index (χ1) is 42.6. The van der Waals surface area contributed by atoms with Gasteiger partial charge in [-0.3, -0.25) is 9.55 Å². The Morgan fingerprint density at radius 1 is 0.322 bits per heavy atom. The molecule has 1 N–H and O–H groups in total. The summed E-state index contributed by atoms with van der Waals surface area (Å²) in [5.74, 6) is 1.68. The third kappa shape index (κ3) is 10.4. The number of imidazole rings is 2. The fourth-order valence-corrected chi connectivity index (χ4v) is 13.2. The van der Waals surface area contributed by atoms with Gasteiger partial charge in [0.2, 0.25) is 0 Å². The molecule has 5 nitrogen and oxygen atoms in total. The molecule has 2 aromatic heterocycles. The fourth-order valence-electron chi connectivity index (χ4n) is 13.2. The van der Waals surface area contributed by atoms with Gasteiger partial charge in [-0.1, -0.05) is 270 Å². The van der Waals surface area contributed by atoms with Gasteiger partial charge >= 0.3 is 0 Å². The maximum atomic E-state index is 12.9. The molecule has 13 aromatic rings. The average molecular weight is 1350 g/mol. The molecule has 0 bridgehead atoms. The monoisotopic (exact) mass is 1350 g/mol. The van der Waals surface area contributed by atoms with Gasteiger partial charge in [-0.05, 0) is 131 Å². The van der Waals surface area contributed by atoms with Crippen LogP contribution in [0, 0.1) is 6.07 Å². The molecule has 0 unspecified atom stereocenters. The Morgan fingerprint density at radius 3 is 1.32 bits per heavy atom. The summed E-state index contributed by atoms with van der Waals surface area (Å²) in [6.45, 7) is 26.9. The number of hydrogen-bond acceptors (Lipinski definition) is 3. The molecule has 0 atom stereocenters. The number of nitrogens with zero attached hydrogens (tertiary/aromatic N) is 4. The molecule has 0 aliphatic heterocycles. The van der Waals surface area contributed by atoms with Crippen LogP contribution in [-0.2, 0) is 42.7 Å². The fraction of sp³-hybridized carbons (Fsp3) is 0.190. The Kier molecular flexibility index (Phi) is 14.9. The predicted molar refractivity (Wildman–Crippen MR) is 373 cm³/mol. The maximum Gasteiger partial charge on any atom is 0.148 e. The minimum absolute atomic E-state index is 0. The zero-order chi connectivity index (χ0) is 61.9. The van der Waals surface area contributed by atoms with Gasteiger partial charge in [0.15, 0.2) is 0 Å². The normalized spacial score (nSPS) is 12.4. The summed E-state index contributed by atoms with van der Waals surface area (Å²) < 4.78 is 4.69. The Bertz CT molecular complexity index is 4940. The van der Waals surface area contributed by atoms with Crippen LogP contribution in [0.5, 0.6) is 5.75 Å². The van der Waals surface area contributed by atoms with Crippen LogP contribution in [0.15, 0.2) is 231 Å². The van der Waals surface area contributed by atoms with Crippen LogP contribution in [0.3, 0.4) is 0 Å². The number of aromatic hydroxyl groups is 1. The summed E-state index contributed by atoms with van der Waals surface area (Å²) in [4.78, 5) is 11.7. The van der Waals surface area contributed by atoms with Crippen molar-refractivity contribution in [1.82, 2.24) is 19.1 Å². The molecule has 6 heteroatoms. The number of rotatable bonds is 7. The SMILES string of the molecule is CC(C)(C)c1cc(-c2cccc3c2nc(-c2cc(C(C)(C)C)cc(C(C)(C)C)c2O)n3-c2ccc(C(C)(C)C)cc2-c2ccccc2)[c-]c(-c2nc3cc4c(cc3n2-c2ccccc2-c2ccccc2)-c2ccccc2-c2ccccc2-c2ccccc2-4)c1.[Pt]. The largest absolute Gasteiger partial charge is 0.507 e. The number of para-hydroxylation sites is 2. The van der Waals surface area contributed by atoms with E-state index < -0.39 is 0 Å². The smallest absolute Gasteiger partial charge is 0.148 e. The van der Waals surface area contributed by atoms with Crippen LogP contribution in [0.1, 0.15) is 105 Å². The number of benzene rings is 11. The van der Waals surface area contributed by atoms with Gasteiger partial charge in [-0.25, -0.2) is 4.98 Å². The van der Waals surface area contributed by atoms with Gasteiger partial charge in [0.05, 0.1) is 39.1 Å². The molecule has 0 spiro atoms. The first kappa shape index (κ1) is 59.8. The van der Waals surface area contributed by atoms with Crippen LogP contribution in [-0.4, -0.2) is 24.2 Å². The molecular weight excluding hydrogens is 1280 g/mol. The van der Waals surface area contributed by atoms with E-state index in [1.165, 1.54) is 33.4 Å². The van der Waals surface area contributed by atoms with Gasteiger partial charge < -0.3 is 9.67 Å². The van der Waals surface area contributed by atoms with Gasteiger partial charge in [-0.15, -0.1) is 29.3 Å². The van der Waals surface area contributed by atoms with E-state index in [-0.39, 0.29) is 48.5 Å². The summed E-state index contributed by atoms with van der Waals surface area (Å²) in [7, 11) is 0. The van der Waals surface area contributed by atoms with E-state index in [9.17, 15) is 5.11 Å². The molecule has 1 aliphatic rings. The molecule has 0 fully saturated rings. The summed E-state index contributed by atoms with van der Waals surface area (Å²) in [6, 6.07) is 87.9. The second-order valence-corrected chi connectivity index (χ2v) is 28.3. The van der Waals surface area contributed by atoms with Crippen molar-refractivity contribution in [3.8, 4) is 118 Å². The topological polar surface area (TPSA) is 55.9 Å². The van der Waals surface area contributed by atoms with Crippen molar-refractivity contribution in [3.05, 3.63) is 259 Å². The van der Waals surface area contributed by atoms with Crippen LogP contribution in [0.4, 0.5) is 0 Å². The van der Waals surface area contributed by atoms with Crippen LogP contribution >= 0.6 is 0 Å². The number of aromatic nitrogens is 4. The summed E-state index contributed by atoms with van der Waals surface area (Å²) >= 11 is 0. The number of fused-ring (bicyclic) bond motifs is 10. The van der Waals surface area contributed by atoms with E-state index in [4.69, 9.17) is 9.97 Å². The Morgan fingerprint density at radius 2 is 0.767 bits per heavy atom. The minimum atomic E-state index is -0.374.